The van der Waals surface area contributed by atoms with Gasteiger partial charge in [-0.2, -0.15) is 4.98 Å². The van der Waals surface area contributed by atoms with E-state index in [2.05, 4.69) is 29.0 Å². The van der Waals surface area contributed by atoms with Gasteiger partial charge in [-0.15, -0.1) is 11.3 Å². The molecule has 0 unspecified atom stereocenters. The van der Waals surface area contributed by atoms with Crippen LogP contribution in [0.3, 0.4) is 0 Å². The van der Waals surface area contributed by atoms with Crippen molar-refractivity contribution in [3.8, 4) is 0 Å². The Bertz CT molecular complexity index is 857. The molecule has 2 fully saturated rings. The van der Waals surface area contributed by atoms with Gasteiger partial charge in [-0.25, -0.2) is 4.79 Å². The number of imide groups is 1. The number of hydrogen-bond donors (Lipinski definition) is 0. The second kappa shape index (κ2) is 7.16. The SMILES string of the molecule is Cc1nc(N2CCC3(CC2)C(=O)N(Cc2cncs2)C(=O)N3CC(C)C)no1. The van der Waals surface area contributed by atoms with Crippen LogP contribution in [0.5, 0.6) is 0 Å². The first-order valence-corrected chi connectivity index (χ1v) is 10.3. The van der Waals surface area contributed by atoms with Crippen molar-refractivity contribution in [1.82, 2.24) is 24.9 Å². The number of amides is 3. The number of thiazole rings is 1. The number of piperidine rings is 1. The van der Waals surface area contributed by atoms with Gasteiger partial charge in [-0.3, -0.25) is 14.7 Å². The lowest BCUT2D eigenvalue weighted by molar-refractivity contribution is -0.134. The Balaban J connectivity index is 1.58. The summed E-state index contributed by atoms with van der Waals surface area (Å²) in [5.41, 5.74) is 0.925. The smallest absolute Gasteiger partial charge is 0.328 e. The molecule has 150 valence electrons. The molecule has 2 aliphatic heterocycles. The van der Waals surface area contributed by atoms with E-state index in [1.54, 1.807) is 23.5 Å². The molecule has 4 heterocycles. The predicted octanol–water partition coefficient (Wildman–Crippen LogP) is 2.29. The summed E-state index contributed by atoms with van der Waals surface area (Å²) in [4.78, 5) is 41.0. The standard InChI is InChI=1S/C18H24N6O3S/c1-12(2)9-24-17(26)23(10-14-8-19-11-28-14)15(25)18(24)4-6-22(7-5-18)16-20-13(3)27-21-16/h8,11-12H,4-7,9-10H2,1-3H3. The first-order valence-electron chi connectivity index (χ1n) is 9.47. The maximum absolute atomic E-state index is 13.4. The topological polar surface area (TPSA) is 95.7 Å². The molecule has 2 aliphatic rings. The number of urea groups is 1. The molecular weight excluding hydrogens is 380 g/mol. The first-order chi connectivity index (χ1) is 13.4. The Kier molecular flexibility index (Phi) is 4.82. The van der Waals surface area contributed by atoms with Crippen molar-refractivity contribution < 1.29 is 14.1 Å². The molecule has 0 bridgehead atoms. The summed E-state index contributed by atoms with van der Waals surface area (Å²) in [5.74, 6) is 1.23. The Morgan fingerprint density at radius 2 is 2.04 bits per heavy atom. The molecule has 9 nitrogen and oxygen atoms in total. The van der Waals surface area contributed by atoms with E-state index in [9.17, 15) is 9.59 Å². The molecule has 2 aromatic heterocycles. The van der Waals surface area contributed by atoms with Gasteiger partial charge >= 0.3 is 6.03 Å². The summed E-state index contributed by atoms with van der Waals surface area (Å²) in [7, 11) is 0. The van der Waals surface area contributed by atoms with Crippen molar-refractivity contribution in [3.05, 3.63) is 22.5 Å². The number of carbonyl (C=O) groups is 2. The molecule has 0 atom stereocenters. The summed E-state index contributed by atoms with van der Waals surface area (Å²) >= 11 is 1.45. The Hall–Kier alpha value is -2.49. The van der Waals surface area contributed by atoms with Crippen LogP contribution in [-0.4, -0.2) is 62.0 Å². The normalized spacial score (nSPS) is 19.5. The number of rotatable bonds is 5. The molecule has 28 heavy (non-hydrogen) atoms. The lowest BCUT2D eigenvalue weighted by atomic mass is 9.85. The fraction of sp³-hybridized carbons (Fsp3) is 0.611. The molecule has 0 N–H and O–H groups in total. The largest absolute Gasteiger partial charge is 0.338 e. The molecule has 10 heteroatoms. The molecule has 1 spiro atoms. The Morgan fingerprint density at radius 3 is 2.61 bits per heavy atom. The van der Waals surface area contributed by atoms with Crippen LogP contribution >= 0.6 is 11.3 Å². The summed E-state index contributed by atoms with van der Waals surface area (Å²) in [5, 5.41) is 3.98. The van der Waals surface area contributed by atoms with E-state index in [1.165, 1.54) is 16.2 Å². The van der Waals surface area contributed by atoms with E-state index in [4.69, 9.17) is 4.52 Å². The highest BCUT2D eigenvalue weighted by molar-refractivity contribution is 7.09. The lowest BCUT2D eigenvalue weighted by Crippen LogP contribution is -2.57. The van der Waals surface area contributed by atoms with E-state index in [0.717, 1.165) is 4.88 Å². The van der Waals surface area contributed by atoms with Gasteiger partial charge in [0.1, 0.15) is 5.54 Å². The van der Waals surface area contributed by atoms with Crippen LogP contribution < -0.4 is 4.90 Å². The minimum atomic E-state index is -0.790. The van der Waals surface area contributed by atoms with E-state index in [1.807, 2.05) is 4.90 Å². The number of aryl methyl sites for hydroxylation is 1. The number of aromatic nitrogens is 3. The third kappa shape index (κ3) is 3.15. The number of hydrogen-bond acceptors (Lipinski definition) is 8. The van der Waals surface area contributed by atoms with E-state index >= 15 is 0 Å². The van der Waals surface area contributed by atoms with Gasteiger partial charge in [0, 0.05) is 37.6 Å². The van der Waals surface area contributed by atoms with Crippen LogP contribution in [0.25, 0.3) is 0 Å². The third-order valence-corrected chi connectivity index (χ3v) is 6.12. The molecule has 2 aromatic rings. The molecule has 2 saturated heterocycles. The fourth-order valence-electron chi connectivity index (χ4n) is 3.99. The first kappa shape index (κ1) is 18.9. The van der Waals surface area contributed by atoms with Gasteiger partial charge in [-0.05, 0) is 23.9 Å². The maximum Gasteiger partial charge on any atom is 0.328 e. The number of nitrogens with zero attached hydrogens (tertiary/aromatic N) is 6. The summed E-state index contributed by atoms with van der Waals surface area (Å²) < 4.78 is 5.08. The van der Waals surface area contributed by atoms with E-state index < -0.39 is 5.54 Å². The highest BCUT2D eigenvalue weighted by Gasteiger charge is 2.58. The second-order valence-corrected chi connectivity index (χ2v) is 8.75. The van der Waals surface area contributed by atoms with Crippen LogP contribution in [0.15, 0.2) is 16.2 Å². The predicted molar refractivity (Wildman–Crippen MR) is 103 cm³/mol. The van der Waals surface area contributed by atoms with Crippen LogP contribution in [0.2, 0.25) is 0 Å². The summed E-state index contributed by atoms with van der Waals surface area (Å²) in [6, 6.07) is -0.198. The van der Waals surface area contributed by atoms with Gasteiger partial charge in [0.25, 0.3) is 11.9 Å². The van der Waals surface area contributed by atoms with Crippen LogP contribution in [0.4, 0.5) is 10.7 Å². The van der Waals surface area contributed by atoms with Crippen molar-refractivity contribution in [2.24, 2.45) is 5.92 Å². The minimum absolute atomic E-state index is 0.101. The van der Waals surface area contributed by atoms with Gasteiger partial charge < -0.3 is 14.3 Å². The van der Waals surface area contributed by atoms with Gasteiger partial charge in [0.05, 0.1) is 12.1 Å². The average molecular weight is 404 g/mol. The fourth-order valence-corrected chi connectivity index (χ4v) is 4.58. The Morgan fingerprint density at radius 1 is 1.29 bits per heavy atom. The average Bonchev–Trinajstić information content (AvgIpc) is 3.37. The van der Waals surface area contributed by atoms with E-state index in [0.29, 0.717) is 44.3 Å². The van der Waals surface area contributed by atoms with E-state index in [-0.39, 0.29) is 24.4 Å². The maximum atomic E-state index is 13.4. The van der Waals surface area contributed by atoms with Crippen LogP contribution in [-0.2, 0) is 11.3 Å². The zero-order valence-electron chi connectivity index (χ0n) is 16.3. The van der Waals surface area contributed by atoms with Crippen molar-refractivity contribution in [3.63, 3.8) is 0 Å². The third-order valence-electron chi connectivity index (χ3n) is 5.36. The number of anilines is 1. The van der Waals surface area contributed by atoms with Crippen LogP contribution in [0, 0.1) is 12.8 Å². The zero-order chi connectivity index (χ0) is 19.9. The Labute approximate surface area is 167 Å². The van der Waals surface area contributed by atoms with Crippen molar-refractivity contribution in [2.45, 2.75) is 45.7 Å². The summed E-state index contributed by atoms with van der Waals surface area (Å²) in [6.45, 7) is 7.92. The van der Waals surface area contributed by atoms with Crippen molar-refractivity contribution in [2.75, 3.05) is 24.5 Å². The monoisotopic (exact) mass is 404 g/mol. The van der Waals surface area contributed by atoms with Crippen molar-refractivity contribution >= 4 is 29.2 Å². The second-order valence-electron chi connectivity index (χ2n) is 7.78. The van der Waals surface area contributed by atoms with Gasteiger partial charge in [-0.1, -0.05) is 13.8 Å². The molecule has 4 rings (SSSR count). The molecule has 3 amide bonds. The quantitative estimate of drug-likeness (QED) is 0.706. The lowest BCUT2D eigenvalue weighted by Gasteiger charge is -2.42. The minimum Gasteiger partial charge on any atom is -0.338 e. The molecule has 0 radical (unpaired) electrons. The molecular formula is C18H24N6O3S. The molecule has 0 saturated carbocycles. The molecule has 0 aromatic carbocycles. The molecule has 0 aliphatic carbocycles. The highest BCUT2D eigenvalue weighted by atomic mass is 32.1. The van der Waals surface area contributed by atoms with Gasteiger partial charge in [0.15, 0.2) is 0 Å². The van der Waals surface area contributed by atoms with Crippen LogP contribution in [0.1, 0.15) is 37.5 Å². The zero-order valence-corrected chi connectivity index (χ0v) is 17.1. The van der Waals surface area contributed by atoms with Crippen molar-refractivity contribution in [1.29, 1.82) is 0 Å². The van der Waals surface area contributed by atoms with Gasteiger partial charge in [0.2, 0.25) is 5.89 Å². The summed E-state index contributed by atoms with van der Waals surface area (Å²) in [6.07, 6.45) is 2.82. The number of carbonyl (C=O) groups excluding carboxylic acids is 2. The highest BCUT2D eigenvalue weighted by Crippen LogP contribution is 2.39.